The van der Waals surface area contributed by atoms with E-state index in [0.717, 1.165) is 0 Å². The lowest BCUT2D eigenvalue weighted by molar-refractivity contribution is -0.139. The number of nitrogens with zero attached hydrogens (tertiary/aromatic N) is 2. The SMILES string of the molecule is COc1cc(/C(O)=C2\C(=O)C(=O)N(CCCN(C)C)C2c2cccc(O)c2)c(OC)cc1Cl. The van der Waals surface area contributed by atoms with Crippen molar-refractivity contribution in [1.29, 1.82) is 0 Å². The number of rotatable bonds is 8. The highest BCUT2D eigenvalue weighted by atomic mass is 35.5. The Balaban J connectivity index is 2.20. The molecule has 1 amide bonds. The Morgan fingerprint density at radius 2 is 1.82 bits per heavy atom. The van der Waals surface area contributed by atoms with Crippen molar-refractivity contribution in [3.05, 3.63) is 58.1 Å². The van der Waals surface area contributed by atoms with E-state index in [0.29, 0.717) is 25.1 Å². The average molecular weight is 475 g/mol. The third-order valence-corrected chi connectivity index (χ3v) is 5.75. The highest BCUT2D eigenvalue weighted by molar-refractivity contribution is 6.46. The molecule has 0 aromatic heterocycles. The third-order valence-electron chi connectivity index (χ3n) is 5.46. The fraction of sp³-hybridized carbons (Fsp3) is 0.333. The fourth-order valence-electron chi connectivity index (χ4n) is 3.90. The van der Waals surface area contributed by atoms with Gasteiger partial charge in [0.15, 0.2) is 0 Å². The van der Waals surface area contributed by atoms with Crippen LogP contribution in [0.2, 0.25) is 5.02 Å². The number of carbonyl (C=O) groups excluding carboxylic acids is 2. The zero-order chi connectivity index (χ0) is 24.3. The molecule has 2 N–H and O–H groups in total. The standard InChI is InChI=1S/C24H27ClN2O6/c1-26(2)9-6-10-27-21(14-7-5-8-15(28)11-14)20(23(30)24(27)31)22(29)16-12-19(33-4)17(25)13-18(16)32-3/h5,7-8,11-13,21,28-29H,6,9-10H2,1-4H3/b22-20+. The highest BCUT2D eigenvalue weighted by Crippen LogP contribution is 2.43. The van der Waals surface area contributed by atoms with Gasteiger partial charge in [0, 0.05) is 12.6 Å². The number of phenolic OH excluding ortho intramolecular Hbond substituents is 1. The van der Waals surface area contributed by atoms with Crippen molar-refractivity contribution < 1.29 is 29.3 Å². The highest BCUT2D eigenvalue weighted by Gasteiger charge is 2.46. The molecule has 9 heteroatoms. The van der Waals surface area contributed by atoms with Gasteiger partial charge in [0.1, 0.15) is 23.0 Å². The zero-order valence-electron chi connectivity index (χ0n) is 19.0. The Morgan fingerprint density at radius 3 is 2.42 bits per heavy atom. The van der Waals surface area contributed by atoms with Crippen molar-refractivity contribution in [3.8, 4) is 17.2 Å². The van der Waals surface area contributed by atoms with Gasteiger partial charge in [-0.3, -0.25) is 9.59 Å². The Hall–Kier alpha value is -3.23. The molecule has 2 aromatic carbocycles. The molecule has 1 unspecified atom stereocenters. The number of halogens is 1. The van der Waals surface area contributed by atoms with Gasteiger partial charge in [-0.15, -0.1) is 0 Å². The minimum Gasteiger partial charge on any atom is -0.508 e. The first-order valence-corrected chi connectivity index (χ1v) is 10.7. The second-order valence-electron chi connectivity index (χ2n) is 7.93. The van der Waals surface area contributed by atoms with Gasteiger partial charge in [-0.2, -0.15) is 0 Å². The number of aliphatic hydroxyl groups is 1. The molecule has 1 heterocycles. The molecular formula is C24H27ClN2O6. The maximum atomic E-state index is 13.1. The molecule has 1 aliphatic heterocycles. The number of phenols is 1. The van der Waals surface area contributed by atoms with E-state index in [2.05, 4.69) is 0 Å². The number of hydrogen-bond acceptors (Lipinski definition) is 7. The summed E-state index contributed by atoms with van der Waals surface area (Å²) in [6.07, 6.45) is 0.619. The van der Waals surface area contributed by atoms with Gasteiger partial charge in [-0.1, -0.05) is 23.7 Å². The molecule has 0 aliphatic carbocycles. The van der Waals surface area contributed by atoms with E-state index in [1.807, 2.05) is 19.0 Å². The van der Waals surface area contributed by atoms with Crippen LogP contribution < -0.4 is 9.47 Å². The number of likely N-dealkylation sites (tertiary alicyclic amines) is 1. The fourth-order valence-corrected chi connectivity index (χ4v) is 4.13. The predicted octanol–water partition coefficient (Wildman–Crippen LogP) is 3.44. The van der Waals surface area contributed by atoms with Gasteiger partial charge in [0.05, 0.1) is 36.4 Å². The summed E-state index contributed by atoms with van der Waals surface area (Å²) in [5.74, 6) is -1.48. The Bertz CT molecular complexity index is 1100. The van der Waals surface area contributed by atoms with Crippen LogP contribution in [0.15, 0.2) is 42.0 Å². The number of ketones is 1. The van der Waals surface area contributed by atoms with Crippen molar-refractivity contribution >= 4 is 29.1 Å². The van der Waals surface area contributed by atoms with Crippen molar-refractivity contribution in [2.75, 3.05) is 41.4 Å². The van der Waals surface area contributed by atoms with Gasteiger partial charge < -0.3 is 29.5 Å². The second kappa shape index (κ2) is 10.1. The summed E-state index contributed by atoms with van der Waals surface area (Å²) in [6.45, 7) is 0.999. The molecule has 1 aliphatic rings. The maximum absolute atomic E-state index is 13.1. The van der Waals surface area contributed by atoms with Crippen molar-refractivity contribution in [2.45, 2.75) is 12.5 Å². The number of aliphatic hydroxyl groups excluding tert-OH is 1. The van der Waals surface area contributed by atoms with Crippen LogP contribution in [0.4, 0.5) is 0 Å². The number of amides is 1. The quantitative estimate of drug-likeness (QED) is 0.343. The molecule has 8 nitrogen and oxygen atoms in total. The summed E-state index contributed by atoms with van der Waals surface area (Å²) in [6, 6.07) is 8.32. The number of hydrogen-bond donors (Lipinski definition) is 2. The lowest BCUT2D eigenvalue weighted by Crippen LogP contribution is -2.32. The van der Waals surface area contributed by atoms with E-state index in [4.69, 9.17) is 21.1 Å². The summed E-state index contributed by atoms with van der Waals surface area (Å²) in [7, 11) is 6.66. The molecule has 2 aromatic rings. The van der Waals surface area contributed by atoms with Crippen LogP contribution in [0.5, 0.6) is 17.2 Å². The maximum Gasteiger partial charge on any atom is 0.295 e. The summed E-state index contributed by atoms with van der Waals surface area (Å²) < 4.78 is 10.6. The van der Waals surface area contributed by atoms with Gasteiger partial charge in [-0.05, 0) is 50.8 Å². The molecule has 0 saturated carbocycles. The molecule has 1 atom stereocenters. The number of carbonyl (C=O) groups is 2. The first kappa shape index (κ1) is 24.4. The van der Waals surface area contributed by atoms with E-state index in [1.165, 1.54) is 43.4 Å². The van der Waals surface area contributed by atoms with Crippen molar-refractivity contribution in [1.82, 2.24) is 9.80 Å². The van der Waals surface area contributed by atoms with E-state index in [9.17, 15) is 19.8 Å². The van der Waals surface area contributed by atoms with Crippen LogP contribution in [0.3, 0.4) is 0 Å². The third kappa shape index (κ3) is 4.91. The largest absolute Gasteiger partial charge is 0.508 e. The minimum atomic E-state index is -0.884. The number of methoxy groups -OCH3 is 2. The van der Waals surface area contributed by atoms with Gasteiger partial charge >= 0.3 is 0 Å². The smallest absolute Gasteiger partial charge is 0.295 e. The lowest BCUT2D eigenvalue weighted by atomic mass is 9.94. The second-order valence-corrected chi connectivity index (χ2v) is 8.34. The minimum absolute atomic E-state index is 0.0166. The van der Waals surface area contributed by atoms with Crippen LogP contribution in [0.1, 0.15) is 23.6 Å². The number of benzene rings is 2. The van der Waals surface area contributed by atoms with Crippen LogP contribution in [0.25, 0.3) is 5.76 Å². The van der Waals surface area contributed by atoms with Gasteiger partial charge in [0.2, 0.25) is 0 Å². The van der Waals surface area contributed by atoms with Crippen LogP contribution in [0, 0.1) is 0 Å². The van der Waals surface area contributed by atoms with E-state index < -0.39 is 23.5 Å². The van der Waals surface area contributed by atoms with E-state index >= 15 is 0 Å². The van der Waals surface area contributed by atoms with Crippen molar-refractivity contribution in [3.63, 3.8) is 0 Å². The molecule has 1 fully saturated rings. The Labute approximate surface area is 197 Å². The molecule has 3 rings (SSSR count). The molecule has 0 bridgehead atoms. The molecule has 33 heavy (non-hydrogen) atoms. The number of ether oxygens (including phenoxy) is 2. The summed E-state index contributed by atoms with van der Waals surface area (Å²) in [5.41, 5.74) is 0.564. The monoisotopic (exact) mass is 474 g/mol. The summed E-state index contributed by atoms with van der Waals surface area (Å²) in [4.78, 5) is 29.5. The topological polar surface area (TPSA) is 99.5 Å². The van der Waals surface area contributed by atoms with Crippen LogP contribution >= 0.6 is 11.6 Å². The van der Waals surface area contributed by atoms with E-state index in [1.54, 1.807) is 12.1 Å². The Kier molecular flexibility index (Phi) is 7.50. The van der Waals surface area contributed by atoms with E-state index in [-0.39, 0.29) is 33.4 Å². The molecule has 176 valence electrons. The molecule has 0 radical (unpaired) electrons. The molecular weight excluding hydrogens is 448 g/mol. The molecule has 0 spiro atoms. The van der Waals surface area contributed by atoms with Crippen LogP contribution in [-0.2, 0) is 9.59 Å². The van der Waals surface area contributed by atoms with Crippen LogP contribution in [-0.4, -0.2) is 73.1 Å². The summed E-state index contributed by atoms with van der Waals surface area (Å²) >= 11 is 6.18. The normalized spacial score (nSPS) is 17.6. The predicted molar refractivity (Wildman–Crippen MR) is 125 cm³/mol. The number of aromatic hydroxyl groups is 1. The first-order chi connectivity index (χ1) is 15.7. The molecule has 1 saturated heterocycles. The van der Waals surface area contributed by atoms with Gasteiger partial charge in [0.25, 0.3) is 11.7 Å². The summed E-state index contributed by atoms with van der Waals surface area (Å²) in [5, 5.41) is 21.6. The first-order valence-electron chi connectivity index (χ1n) is 10.3. The zero-order valence-corrected chi connectivity index (χ0v) is 19.7. The van der Waals surface area contributed by atoms with Crippen molar-refractivity contribution in [2.24, 2.45) is 0 Å². The lowest BCUT2D eigenvalue weighted by Gasteiger charge is -2.26. The average Bonchev–Trinajstić information content (AvgIpc) is 3.03. The number of Topliss-reactive ketones (excluding diaryl/α,β-unsaturated/α-hetero) is 1. The Morgan fingerprint density at radius 1 is 1.12 bits per heavy atom. The van der Waals surface area contributed by atoms with Gasteiger partial charge in [-0.25, -0.2) is 0 Å².